The lowest BCUT2D eigenvalue weighted by Gasteiger charge is -2.28. The lowest BCUT2D eigenvalue weighted by Crippen LogP contribution is -2.32. The van der Waals surface area contributed by atoms with Gasteiger partial charge in [-0.3, -0.25) is 9.69 Å². The highest BCUT2D eigenvalue weighted by atomic mass is 35.5. The Hall–Kier alpha value is -2.49. The minimum atomic E-state index is -0.365. The Labute approximate surface area is 162 Å². The van der Waals surface area contributed by atoms with Crippen molar-refractivity contribution in [2.75, 3.05) is 10.2 Å². The second-order valence-corrected chi connectivity index (χ2v) is 6.98. The van der Waals surface area contributed by atoms with Crippen molar-refractivity contribution < 1.29 is 4.79 Å². The summed E-state index contributed by atoms with van der Waals surface area (Å²) in [5, 5.41) is 4.31. The van der Waals surface area contributed by atoms with Crippen LogP contribution < -0.4 is 10.2 Å². The van der Waals surface area contributed by atoms with Gasteiger partial charge in [-0.1, -0.05) is 65.7 Å². The van der Waals surface area contributed by atoms with Gasteiger partial charge in [0.25, 0.3) is 5.91 Å². The Bertz CT molecular complexity index is 1000. The quantitative estimate of drug-likeness (QED) is 0.595. The normalized spacial score (nSPS) is 15.9. The number of carbonyl (C=O) groups is 1. The van der Waals surface area contributed by atoms with Crippen LogP contribution in [0.1, 0.15) is 27.7 Å². The SMILES string of the molecule is Cc1ccccc1N1C(=O)c2ccccc2[C@H]1Nc1cccc(Cl)c1Cl. The van der Waals surface area contributed by atoms with Gasteiger partial charge in [0.1, 0.15) is 6.17 Å². The number of fused-ring (bicyclic) bond motifs is 1. The van der Waals surface area contributed by atoms with Crippen LogP contribution in [0.2, 0.25) is 10.0 Å². The highest BCUT2D eigenvalue weighted by molar-refractivity contribution is 6.43. The van der Waals surface area contributed by atoms with Crippen LogP contribution in [0.25, 0.3) is 0 Å². The number of anilines is 2. The molecule has 0 spiro atoms. The molecule has 4 rings (SSSR count). The summed E-state index contributed by atoms with van der Waals surface area (Å²) in [5.74, 6) is -0.0365. The number of nitrogens with one attached hydrogen (secondary N) is 1. The van der Waals surface area contributed by atoms with Crippen LogP contribution in [-0.4, -0.2) is 5.91 Å². The molecule has 0 saturated carbocycles. The maximum absolute atomic E-state index is 13.1. The molecule has 0 bridgehead atoms. The van der Waals surface area contributed by atoms with E-state index in [1.165, 1.54) is 0 Å². The smallest absolute Gasteiger partial charge is 0.260 e. The van der Waals surface area contributed by atoms with Crippen LogP contribution in [0.3, 0.4) is 0 Å². The molecule has 26 heavy (non-hydrogen) atoms. The van der Waals surface area contributed by atoms with Crippen molar-refractivity contribution in [2.24, 2.45) is 0 Å². The number of nitrogens with zero attached hydrogens (tertiary/aromatic N) is 1. The van der Waals surface area contributed by atoms with E-state index in [4.69, 9.17) is 23.2 Å². The first-order valence-electron chi connectivity index (χ1n) is 8.26. The molecule has 0 aromatic heterocycles. The number of amides is 1. The third-order valence-electron chi connectivity index (χ3n) is 4.58. The van der Waals surface area contributed by atoms with Crippen molar-refractivity contribution in [2.45, 2.75) is 13.1 Å². The summed E-state index contributed by atoms with van der Waals surface area (Å²) in [7, 11) is 0. The third kappa shape index (κ3) is 2.74. The molecule has 5 heteroatoms. The summed E-state index contributed by atoms with van der Waals surface area (Å²) >= 11 is 12.5. The summed E-state index contributed by atoms with van der Waals surface area (Å²) in [4.78, 5) is 14.9. The molecular weight excluding hydrogens is 367 g/mol. The highest BCUT2D eigenvalue weighted by Crippen LogP contribution is 2.41. The first-order chi connectivity index (χ1) is 12.6. The maximum Gasteiger partial charge on any atom is 0.260 e. The van der Waals surface area contributed by atoms with Gasteiger partial charge in [-0.25, -0.2) is 0 Å². The number of halogens is 2. The maximum atomic E-state index is 13.1. The zero-order valence-electron chi connectivity index (χ0n) is 14.0. The molecule has 1 heterocycles. The molecule has 3 nitrogen and oxygen atoms in total. The van der Waals surface area contributed by atoms with Gasteiger partial charge in [-0.05, 0) is 36.8 Å². The second kappa shape index (κ2) is 6.67. The van der Waals surface area contributed by atoms with Gasteiger partial charge in [0.15, 0.2) is 0 Å². The van der Waals surface area contributed by atoms with Crippen molar-refractivity contribution in [1.29, 1.82) is 0 Å². The van der Waals surface area contributed by atoms with Gasteiger partial charge in [0.05, 0.1) is 15.7 Å². The second-order valence-electron chi connectivity index (χ2n) is 6.20. The molecule has 1 N–H and O–H groups in total. The number of carbonyl (C=O) groups excluding carboxylic acids is 1. The van der Waals surface area contributed by atoms with Crippen LogP contribution in [0, 0.1) is 6.92 Å². The van der Waals surface area contributed by atoms with Crippen molar-refractivity contribution in [3.05, 3.63) is 93.5 Å². The van der Waals surface area contributed by atoms with Gasteiger partial charge >= 0.3 is 0 Å². The van der Waals surface area contributed by atoms with Crippen molar-refractivity contribution in [3.8, 4) is 0 Å². The monoisotopic (exact) mass is 382 g/mol. The van der Waals surface area contributed by atoms with E-state index in [0.29, 0.717) is 21.3 Å². The lowest BCUT2D eigenvalue weighted by molar-refractivity contribution is 0.0993. The van der Waals surface area contributed by atoms with Crippen LogP contribution in [0.15, 0.2) is 66.7 Å². The summed E-state index contributed by atoms with van der Waals surface area (Å²) in [5.41, 5.74) is 4.18. The Morgan fingerprint density at radius 2 is 1.65 bits per heavy atom. The predicted octanol–water partition coefficient (Wildman–Crippen LogP) is 6.07. The fraction of sp³-hybridized carbons (Fsp3) is 0.0952. The number of rotatable bonds is 3. The molecule has 1 amide bonds. The van der Waals surface area contributed by atoms with E-state index in [0.717, 1.165) is 16.8 Å². The molecule has 0 saturated heterocycles. The first-order valence-corrected chi connectivity index (χ1v) is 9.02. The number of benzene rings is 3. The fourth-order valence-electron chi connectivity index (χ4n) is 3.30. The van der Waals surface area contributed by atoms with Crippen molar-refractivity contribution in [1.82, 2.24) is 0 Å². The van der Waals surface area contributed by atoms with E-state index in [2.05, 4.69) is 5.32 Å². The molecule has 130 valence electrons. The minimum absolute atomic E-state index is 0.0365. The Morgan fingerprint density at radius 3 is 2.46 bits per heavy atom. The number of hydrogen-bond donors (Lipinski definition) is 1. The predicted molar refractivity (Wildman–Crippen MR) is 107 cm³/mol. The van der Waals surface area contributed by atoms with E-state index in [1.807, 2.05) is 67.6 Å². The molecule has 0 unspecified atom stereocenters. The number of aryl methyl sites for hydroxylation is 1. The zero-order valence-corrected chi connectivity index (χ0v) is 15.6. The van der Waals surface area contributed by atoms with E-state index in [9.17, 15) is 4.79 Å². The van der Waals surface area contributed by atoms with Crippen LogP contribution in [0.5, 0.6) is 0 Å². The summed E-state index contributed by atoms with van der Waals surface area (Å²) in [6.07, 6.45) is -0.365. The number of hydrogen-bond acceptors (Lipinski definition) is 2. The third-order valence-corrected chi connectivity index (χ3v) is 5.40. The summed E-state index contributed by atoms with van der Waals surface area (Å²) in [6.45, 7) is 2.00. The van der Waals surface area contributed by atoms with E-state index < -0.39 is 0 Å². The van der Waals surface area contributed by atoms with E-state index in [1.54, 1.807) is 11.0 Å². The average Bonchev–Trinajstić information content (AvgIpc) is 2.92. The van der Waals surface area contributed by atoms with Gasteiger partial charge in [-0.2, -0.15) is 0 Å². The molecule has 0 radical (unpaired) electrons. The summed E-state index contributed by atoms with van der Waals surface area (Å²) in [6, 6.07) is 20.9. The average molecular weight is 383 g/mol. The van der Waals surface area contributed by atoms with E-state index in [-0.39, 0.29) is 12.1 Å². The fourth-order valence-corrected chi connectivity index (χ4v) is 3.66. The van der Waals surface area contributed by atoms with Crippen LogP contribution in [-0.2, 0) is 0 Å². The minimum Gasteiger partial charge on any atom is -0.360 e. The Kier molecular flexibility index (Phi) is 4.35. The molecule has 1 atom stereocenters. The van der Waals surface area contributed by atoms with Crippen molar-refractivity contribution in [3.63, 3.8) is 0 Å². The zero-order chi connectivity index (χ0) is 18.3. The van der Waals surface area contributed by atoms with Gasteiger partial charge in [-0.15, -0.1) is 0 Å². The molecule has 1 aliphatic rings. The molecule has 1 aliphatic heterocycles. The topological polar surface area (TPSA) is 32.3 Å². The van der Waals surface area contributed by atoms with Crippen molar-refractivity contribution >= 4 is 40.5 Å². The van der Waals surface area contributed by atoms with Gasteiger partial charge in [0.2, 0.25) is 0 Å². The van der Waals surface area contributed by atoms with Crippen LogP contribution >= 0.6 is 23.2 Å². The molecule has 3 aromatic rings. The highest BCUT2D eigenvalue weighted by Gasteiger charge is 2.38. The first kappa shape index (κ1) is 17.0. The Balaban J connectivity index is 1.84. The van der Waals surface area contributed by atoms with Gasteiger partial charge < -0.3 is 5.32 Å². The molecule has 0 aliphatic carbocycles. The van der Waals surface area contributed by atoms with Crippen LogP contribution in [0.4, 0.5) is 11.4 Å². The lowest BCUT2D eigenvalue weighted by atomic mass is 10.1. The Morgan fingerprint density at radius 1 is 0.923 bits per heavy atom. The molecule has 0 fully saturated rings. The summed E-state index contributed by atoms with van der Waals surface area (Å²) < 4.78 is 0. The molecule has 3 aromatic carbocycles. The van der Waals surface area contributed by atoms with Gasteiger partial charge in [0, 0.05) is 16.8 Å². The standard InChI is InChI=1S/C21H16Cl2N2O/c1-13-7-2-5-12-18(13)25-20(14-8-3-4-9-15(14)21(25)26)24-17-11-6-10-16(22)19(17)23/h2-12,20,24H,1H3/t20-/m0/s1. The van der Waals surface area contributed by atoms with E-state index >= 15 is 0 Å². The largest absolute Gasteiger partial charge is 0.360 e. The number of para-hydroxylation sites is 1. The molecular formula is C21H16Cl2N2O.